The van der Waals surface area contributed by atoms with Crippen LogP contribution in [0, 0.1) is 5.92 Å². The maximum absolute atomic E-state index is 11.8. The Morgan fingerprint density at radius 3 is 3.19 bits per heavy atom. The number of aromatic amines is 1. The summed E-state index contributed by atoms with van der Waals surface area (Å²) in [5, 5.41) is 6.35. The van der Waals surface area contributed by atoms with Crippen LogP contribution in [0.5, 0.6) is 0 Å². The molecule has 2 unspecified atom stereocenters. The van der Waals surface area contributed by atoms with E-state index in [1.54, 1.807) is 6.20 Å². The van der Waals surface area contributed by atoms with Gasteiger partial charge in [-0.2, -0.15) is 0 Å². The molecule has 0 radical (unpaired) electrons. The summed E-state index contributed by atoms with van der Waals surface area (Å²) in [5.41, 5.74) is 0.524. The Hall–Kier alpha value is -1.36. The molecule has 1 fully saturated rings. The Kier molecular flexibility index (Phi) is 3.56. The number of amides is 1. The first-order valence-corrected chi connectivity index (χ1v) is 5.77. The lowest BCUT2D eigenvalue weighted by Gasteiger charge is -2.28. The molecular formula is C11H18N4O. The van der Waals surface area contributed by atoms with Gasteiger partial charge >= 0.3 is 0 Å². The van der Waals surface area contributed by atoms with Crippen molar-refractivity contribution in [1.82, 2.24) is 20.6 Å². The molecule has 1 aliphatic rings. The van der Waals surface area contributed by atoms with E-state index in [2.05, 4.69) is 27.5 Å². The maximum Gasteiger partial charge on any atom is 0.269 e. The van der Waals surface area contributed by atoms with Crippen LogP contribution < -0.4 is 10.6 Å². The van der Waals surface area contributed by atoms with Gasteiger partial charge in [-0.25, -0.2) is 4.98 Å². The molecule has 3 N–H and O–H groups in total. The molecule has 2 rings (SSSR count). The molecule has 5 nitrogen and oxygen atoms in total. The monoisotopic (exact) mass is 222 g/mol. The van der Waals surface area contributed by atoms with E-state index in [-0.39, 0.29) is 11.9 Å². The van der Waals surface area contributed by atoms with Crippen LogP contribution in [0.3, 0.4) is 0 Å². The maximum atomic E-state index is 11.8. The van der Waals surface area contributed by atoms with Crippen molar-refractivity contribution in [3.63, 3.8) is 0 Å². The minimum Gasteiger partial charge on any atom is -0.348 e. The number of hydrogen-bond donors (Lipinski definition) is 3. The average molecular weight is 222 g/mol. The average Bonchev–Trinajstić information content (AvgIpc) is 2.83. The summed E-state index contributed by atoms with van der Waals surface area (Å²) in [6.45, 7) is 4.15. The molecule has 0 bridgehead atoms. The van der Waals surface area contributed by atoms with Crippen molar-refractivity contribution in [2.75, 3.05) is 13.1 Å². The summed E-state index contributed by atoms with van der Waals surface area (Å²) in [4.78, 5) is 18.4. The number of aromatic nitrogens is 2. The lowest BCUT2D eigenvalue weighted by molar-refractivity contribution is 0.0917. The molecule has 1 aromatic heterocycles. The van der Waals surface area contributed by atoms with E-state index >= 15 is 0 Å². The highest BCUT2D eigenvalue weighted by atomic mass is 16.1. The second kappa shape index (κ2) is 5.12. The topological polar surface area (TPSA) is 69.8 Å². The Morgan fingerprint density at radius 2 is 2.56 bits per heavy atom. The number of imidazole rings is 1. The van der Waals surface area contributed by atoms with Gasteiger partial charge in [0.15, 0.2) is 0 Å². The van der Waals surface area contributed by atoms with Crippen LogP contribution in [0.15, 0.2) is 12.5 Å². The Balaban J connectivity index is 1.86. The van der Waals surface area contributed by atoms with Crippen molar-refractivity contribution in [2.45, 2.75) is 25.8 Å². The summed E-state index contributed by atoms with van der Waals surface area (Å²) in [6.07, 6.45) is 5.43. The first-order valence-electron chi connectivity index (χ1n) is 5.77. The molecule has 16 heavy (non-hydrogen) atoms. The number of H-pyrrole nitrogens is 1. The largest absolute Gasteiger partial charge is 0.348 e. The normalized spacial score (nSPS) is 22.7. The molecule has 0 aliphatic carbocycles. The van der Waals surface area contributed by atoms with Crippen LogP contribution in [0.1, 0.15) is 30.3 Å². The molecule has 5 heteroatoms. The van der Waals surface area contributed by atoms with Crippen LogP contribution in [0.4, 0.5) is 0 Å². The third-order valence-electron chi connectivity index (χ3n) is 3.14. The number of carbonyl (C=O) groups excluding carboxylic acids is 1. The van der Waals surface area contributed by atoms with Gasteiger partial charge in [0.1, 0.15) is 5.69 Å². The minimum atomic E-state index is -0.0735. The zero-order valence-electron chi connectivity index (χ0n) is 9.49. The second-order valence-corrected chi connectivity index (χ2v) is 4.33. The number of carbonyl (C=O) groups is 1. The van der Waals surface area contributed by atoms with Crippen molar-refractivity contribution in [2.24, 2.45) is 5.92 Å². The second-order valence-electron chi connectivity index (χ2n) is 4.33. The lowest BCUT2D eigenvalue weighted by Crippen LogP contribution is -2.44. The predicted octanol–water partition coefficient (Wildman–Crippen LogP) is 0.528. The van der Waals surface area contributed by atoms with Crippen molar-refractivity contribution >= 4 is 5.91 Å². The van der Waals surface area contributed by atoms with E-state index in [1.807, 2.05) is 0 Å². The van der Waals surface area contributed by atoms with Crippen LogP contribution >= 0.6 is 0 Å². The molecule has 1 saturated heterocycles. The summed E-state index contributed by atoms with van der Waals surface area (Å²) in [6, 6.07) is 0.198. The van der Waals surface area contributed by atoms with Crippen LogP contribution in [-0.4, -0.2) is 35.0 Å². The van der Waals surface area contributed by atoms with E-state index in [0.717, 1.165) is 13.1 Å². The van der Waals surface area contributed by atoms with Crippen molar-refractivity contribution in [3.05, 3.63) is 18.2 Å². The molecule has 0 aromatic carbocycles. The van der Waals surface area contributed by atoms with E-state index in [4.69, 9.17) is 0 Å². The molecule has 1 amide bonds. The molecular weight excluding hydrogens is 204 g/mol. The van der Waals surface area contributed by atoms with Gasteiger partial charge in [-0.05, 0) is 38.8 Å². The molecule has 1 aromatic rings. The molecule has 2 atom stereocenters. The van der Waals surface area contributed by atoms with Gasteiger partial charge in [0.05, 0.1) is 12.5 Å². The molecule has 0 spiro atoms. The minimum absolute atomic E-state index is 0.0735. The smallest absolute Gasteiger partial charge is 0.269 e. The molecule has 1 aliphatic heterocycles. The first-order chi connectivity index (χ1) is 7.77. The van der Waals surface area contributed by atoms with E-state index in [1.165, 1.54) is 19.2 Å². The van der Waals surface area contributed by atoms with Gasteiger partial charge in [0, 0.05) is 6.04 Å². The number of nitrogens with one attached hydrogen (secondary N) is 3. The van der Waals surface area contributed by atoms with E-state index in [0.29, 0.717) is 11.6 Å². The fourth-order valence-electron chi connectivity index (χ4n) is 2.09. The van der Waals surface area contributed by atoms with Crippen molar-refractivity contribution in [1.29, 1.82) is 0 Å². The predicted molar refractivity (Wildman–Crippen MR) is 61.1 cm³/mol. The van der Waals surface area contributed by atoms with E-state index < -0.39 is 0 Å². The third-order valence-corrected chi connectivity index (χ3v) is 3.14. The number of hydrogen-bond acceptors (Lipinski definition) is 3. The van der Waals surface area contributed by atoms with Gasteiger partial charge in [0.25, 0.3) is 5.91 Å². The zero-order chi connectivity index (χ0) is 11.4. The quantitative estimate of drug-likeness (QED) is 0.698. The Labute approximate surface area is 95.0 Å². The molecule has 2 heterocycles. The number of piperidine rings is 1. The van der Waals surface area contributed by atoms with Gasteiger partial charge in [-0.1, -0.05) is 0 Å². The Bertz CT molecular complexity index is 330. The highest BCUT2D eigenvalue weighted by Gasteiger charge is 2.21. The lowest BCUT2D eigenvalue weighted by atomic mass is 9.93. The Morgan fingerprint density at radius 1 is 1.69 bits per heavy atom. The van der Waals surface area contributed by atoms with E-state index in [9.17, 15) is 4.79 Å². The first kappa shape index (κ1) is 11.1. The molecule has 88 valence electrons. The SMILES string of the molecule is CC(NC(=O)c1cnc[nH]1)C1CCCNC1. The van der Waals surface area contributed by atoms with Crippen LogP contribution in [0.2, 0.25) is 0 Å². The van der Waals surface area contributed by atoms with Gasteiger partial charge in [-0.3, -0.25) is 4.79 Å². The van der Waals surface area contributed by atoms with Crippen molar-refractivity contribution in [3.8, 4) is 0 Å². The summed E-state index contributed by atoms with van der Waals surface area (Å²) >= 11 is 0. The summed E-state index contributed by atoms with van der Waals surface area (Å²) in [5.74, 6) is 0.455. The highest BCUT2D eigenvalue weighted by molar-refractivity contribution is 5.92. The third kappa shape index (κ3) is 2.61. The van der Waals surface area contributed by atoms with Gasteiger partial charge < -0.3 is 15.6 Å². The standard InChI is InChI=1S/C11H18N4O/c1-8(9-3-2-4-12-5-9)15-11(16)10-6-13-7-14-10/h6-9,12H,2-5H2,1H3,(H,13,14)(H,15,16). The van der Waals surface area contributed by atoms with Gasteiger partial charge in [0.2, 0.25) is 0 Å². The van der Waals surface area contributed by atoms with Gasteiger partial charge in [-0.15, -0.1) is 0 Å². The van der Waals surface area contributed by atoms with Crippen molar-refractivity contribution < 1.29 is 4.79 Å². The number of nitrogens with zero attached hydrogens (tertiary/aromatic N) is 1. The fourth-order valence-corrected chi connectivity index (χ4v) is 2.09. The summed E-state index contributed by atoms with van der Waals surface area (Å²) in [7, 11) is 0. The highest BCUT2D eigenvalue weighted by Crippen LogP contribution is 2.14. The molecule has 0 saturated carbocycles. The summed E-state index contributed by atoms with van der Waals surface area (Å²) < 4.78 is 0. The zero-order valence-corrected chi connectivity index (χ0v) is 9.49. The van der Waals surface area contributed by atoms with Crippen LogP contribution in [0.25, 0.3) is 0 Å². The number of rotatable bonds is 3. The van der Waals surface area contributed by atoms with Crippen LogP contribution in [-0.2, 0) is 0 Å². The fraction of sp³-hybridized carbons (Fsp3) is 0.636.